The van der Waals surface area contributed by atoms with Gasteiger partial charge in [0.05, 0.1) is 13.2 Å². The van der Waals surface area contributed by atoms with Gasteiger partial charge >= 0.3 is 0 Å². The average Bonchev–Trinajstić information content (AvgIpc) is 2.15. The first-order chi connectivity index (χ1) is 6.46. The topological polar surface area (TPSA) is 102 Å². The highest BCUT2D eigenvalue weighted by molar-refractivity contribution is 7.86. The molecule has 1 rings (SSSR count). The molecule has 0 aromatic rings. The van der Waals surface area contributed by atoms with Gasteiger partial charge in [0.15, 0.2) is 0 Å². The SMILES string of the molecule is CNC(=O)C1COCCN1S(N)(=O)=O. The van der Waals surface area contributed by atoms with Gasteiger partial charge in [0.1, 0.15) is 6.04 Å². The quantitative estimate of drug-likeness (QED) is 0.546. The standard InChI is InChI=1S/C6H13N3O4S/c1-8-6(10)5-4-13-3-2-9(5)14(7,11)12/h5H,2-4H2,1H3,(H,8,10)(H2,7,11,12). The zero-order valence-corrected chi connectivity index (χ0v) is 8.58. The fraction of sp³-hybridized carbons (Fsp3) is 0.833. The van der Waals surface area contributed by atoms with E-state index in [0.717, 1.165) is 4.31 Å². The van der Waals surface area contributed by atoms with Crippen molar-refractivity contribution in [3.63, 3.8) is 0 Å². The van der Waals surface area contributed by atoms with E-state index in [1.165, 1.54) is 7.05 Å². The van der Waals surface area contributed by atoms with E-state index in [4.69, 9.17) is 9.88 Å². The highest BCUT2D eigenvalue weighted by atomic mass is 32.2. The number of carbonyl (C=O) groups is 1. The fourth-order valence-corrected chi connectivity index (χ4v) is 2.11. The van der Waals surface area contributed by atoms with E-state index in [0.29, 0.717) is 0 Å². The van der Waals surface area contributed by atoms with E-state index in [9.17, 15) is 13.2 Å². The molecule has 3 N–H and O–H groups in total. The van der Waals surface area contributed by atoms with Gasteiger partial charge in [0.2, 0.25) is 5.91 Å². The smallest absolute Gasteiger partial charge is 0.277 e. The molecule has 1 amide bonds. The molecule has 1 atom stereocenters. The van der Waals surface area contributed by atoms with Crippen molar-refractivity contribution in [1.29, 1.82) is 0 Å². The number of rotatable bonds is 2. The molecule has 0 saturated carbocycles. The molecule has 0 aromatic carbocycles. The molecule has 0 bridgehead atoms. The molecule has 0 radical (unpaired) electrons. The third-order valence-electron chi connectivity index (χ3n) is 1.96. The number of carbonyl (C=O) groups excluding carboxylic acids is 1. The van der Waals surface area contributed by atoms with Gasteiger partial charge in [0, 0.05) is 13.6 Å². The maximum atomic E-state index is 11.3. The first-order valence-electron chi connectivity index (χ1n) is 4.05. The van der Waals surface area contributed by atoms with Crippen molar-refractivity contribution in [1.82, 2.24) is 9.62 Å². The van der Waals surface area contributed by atoms with Crippen LogP contribution < -0.4 is 10.5 Å². The Labute approximate surface area is 82.4 Å². The molecule has 0 spiro atoms. The van der Waals surface area contributed by atoms with E-state index in [2.05, 4.69) is 5.32 Å². The lowest BCUT2D eigenvalue weighted by molar-refractivity contribution is -0.128. The Morgan fingerprint density at radius 1 is 1.64 bits per heavy atom. The molecule has 1 unspecified atom stereocenters. The minimum Gasteiger partial charge on any atom is -0.378 e. The second-order valence-corrected chi connectivity index (χ2v) is 4.36. The number of morpholine rings is 1. The second kappa shape index (κ2) is 4.22. The largest absolute Gasteiger partial charge is 0.378 e. The molecule has 1 fully saturated rings. The van der Waals surface area contributed by atoms with Gasteiger partial charge in [-0.2, -0.15) is 12.7 Å². The van der Waals surface area contributed by atoms with Crippen LogP contribution in [0.3, 0.4) is 0 Å². The van der Waals surface area contributed by atoms with Crippen LogP contribution in [0, 0.1) is 0 Å². The molecule has 7 nitrogen and oxygen atoms in total. The summed E-state index contributed by atoms with van der Waals surface area (Å²) in [4.78, 5) is 11.3. The Kier molecular flexibility index (Phi) is 3.43. The van der Waals surface area contributed by atoms with Crippen LogP contribution in [0.25, 0.3) is 0 Å². The summed E-state index contributed by atoms with van der Waals surface area (Å²) < 4.78 is 28.1. The summed E-state index contributed by atoms with van der Waals surface area (Å²) >= 11 is 0. The van der Waals surface area contributed by atoms with E-state index in [1.54, 1.807) is 0 Å². The van der Waals surface area contributed by atoms with Gasteiger partial charge in [-0.15, -0.1) is 0 Å². The van der Waals surface area contributed by atoms with Crippen molar-refractivity contribution < 1.29 is 17.9 Å². The molecule has 1 heterocycles. The lowest BCUT2D eigenvalue weighted by atomic mass is 10.2. The number of amides is 1. The Balaban J connectivity index is 2.85. The number of hydrogen-bond donors (Lipinski definition) is 2. The molecule has 0 aromatic heterocycles. The van der Waals surface area contributed by atoms with Crippen molar-refractivity contribution in [2.24, 2.45) is 5.14 Å². The highest BCUT2D eigenvalue weighted by Gasteiger charge is 2.34. The van der Waals surface area contributed by atoms with E-state index in [-0.39, 0.29) is 19.8 Å². The van der Waals surface area contributed by atoms with E-state index < -0.39 is 22.2 Å². The number of nitrogens with one attached hydrogen (secondary N) is 1. The molecule has 1 aliphatic rings. The van der Waals surface area contributed by atoms with Gasteiger partial charge in [-0.3, -0.25) is 4.79 Å². The first-order valence-corrected chi connectivity index (χ1v) is 5.56. The molecular weight excluding hydrogens is 210 g/mol. The highest BCUT2D eigenvalue weighted by Crippen LogP contribution is 2.09. The molecule has 0 aliphatic carbocycles. The summed E-state index contributed by atoms with van der Waals surface area (Å²) in [5.74, 6) is -0.418. The molecule has 1 aliphatic heterocycles. The third kappa shape index (κ3) is 2.41. The van der Waals surface area contributed by atoms with Gasteiger partial charge < -0.3 is 10.1 Å². The minimum absolute atomic E-state index is 0.0378. The maximum Gasteiger partial charge on any atom is 0.277 e. The van der Waals surface area contributed by atoms with E-state index in [1.807, 2.05) is 0 Å². The monoisotopic (exact) mass is 223 g/mol. The first kappa shape index (κ1) is 11.4. The normalized spacial score (nSPS) is 24.6. The van der Waals surface area contributed by atoms with E-state index >= 15 is 0 Å². The number of ether oxygens (including phenoxy) is 1. The lowest BCUT2D eigenvalue weighted by Gasteiger charge is -2.31. The lowest BCUT2D eigenvalue weighted by Crippen LogP contribution is -2.56. The van der Waals surface area contributed by atoms with Crippen LogP contribution >= 0.6 is 0 Å². The summed E-state index contributed by atoms with van der Waals surface area (Å²) in [5.41, 5.74) is 0. The van der Waals surface area contributed by atoms with Crippen molar-refractivity contribution >= 4 is 16.1 Å². The van der Waals surface area contributed by atoms with Crippen LogP contribution in [0.1, 0.15) is 0 Å². The molecule has 82 valence electrons. The second-order valence-electron chi connectivity index (χ2n) is 2.86. The summed E-state index contributed by atoms with van der Waals surface area (Å²) in [6, 6.07) is -0.858. The van der Waals surface area contributed by atoms with Gasteiger partial charge in [-0.1, -0.05) is 0 Å². The van der Waals surface area contributed by atoms with Gasteiger partial charge in [-0.25, -0.2) is 5.14 Å². The molecule has 1 saturated heterocycles. The summed E-state index contributed by atoms with van der Waals surface area (Å²) in [6.45, 7) is 0.400. The number of hydrogen-bond acceptors (Lipinski definition) is 4. The fourth-order valence-electron chi connectivity index (χ4n) is 1.27. The Bertz CT molecular complexity index is 315. The maximum absolute atomic E-state index is 11.3. The minimum atomic E-state index is -3.84. The number of likely N-dealkylation sites (N-methyl/N-ethyl adjacent to an activating group) is 1. The van der Waals surface area contributed by atoms with Crippen molar-refractivity contribution in [2.75, 3.05) is 26.8 Å². The summed E-state index contributed by atoms with van der Waals surface area (Å²) in [6.07, 6.45) is 0. The number of nitrogens with two attached hydrogens (primary N) is 1. The van der Waals surface area contributed by atoms with Crippen LogP contribution in [-0.4, -0.2) is 51.5 Å². The van der Waals surface area contributed by atoms with Crippen LogP contribution in [0.4, 0.5) is 0 Å². The van der Waals surface area contributed by atoms with Crippen LogP contribution in [0.15, 0.2) is 0 Å². The average molecular weight is 223 g/mol. The zero-order chi connectivity index (χ0) is 10.8. The number of nitrogens with zero attached hydrogens (tertiary/aromatic N) is 1. The predicted octanol–water partition coefficient (Wildman–Crippen LogP) is -2.36. The Morgan fingerprint density at radius 3 is 2.79 bits per heavy atom. The molecular formula is C6H13N3O4S. The van der Waals surface area contributed by atoms with Crippen LogP contribution in [0.2, 0.25) is 0 Å². The van der Waals surface area contributed by atoms with Gasteiger partial charge in [-0.05, 0) is 0 Å². The molecule has 8 heteroatoms. The van der Waals surface area contributed by atoms with Crippen LogP contribution in [-0.2, 0) is 19.7 Å². The predicted molar refractivity (Wildman–Crippen MR) is 48.5 cm³/mol. The Morgan fingerprint density at radius 2 is 2.29 bits per heavy atom. The zero-order valence-electron chi connectivity index (χ0n) is 7.76. The third-order valence-corrected chi connectivity index (χ3v) is 3.05. The van der Waals surface area contributed by atoms with Crippen molar-refractivity contribution in [3.05, 3.63) is 0 Å². The Hall–Kier alpha value is -0.700. The van der Waals surface area contributed by atoms with Crippen molar-refractivity contribution in [3.8, 4) is 0 Å². The van der Waals surface area contributed by atoms with Gasteiger partial charge in [0.25, 0.3) is 10.2 Å². The summed E-state index contributed by atoms with van der Waals surface area (Å²) in [7, 11) is -2.41. The molecule has 14 heavy (non-hydrogen) atoms. The van der Waals surface area contributed by atoms with Crippen LogP contribution in [0.5, 0.6) is 0 Å². The van der Waals surface area contributed by atoms with Crippen molar-refractivity contribution in [2.45, 2.75) is 6.04 Å². The summed E-state index contributed by atoms with van der Waals surface area (Å²) in [5, 5.41) is 7.31.